The number of hydrogen-bond acceptors (Lipinski definition) is 5. The summed E-state index contributed by atoms with van der Waals surface area (Å²) in [6, 6.07) is 4.19. The van der Waals surface area contributed by atoms with Gasteiger partial charge in [0.2, 0.25) is 0 Å². The summed E-state index contributed by atoms with van der Waals surface area (Å²) in [7, 11) is 0. The molecule has 0 unspecified atom stereocenters. The van der Waals surface area contributed by atoms with Gasteiger partial charge in [-0.25, -0.2) is 9.67 Å². The van der Waals surface area contributed by atoms with Gasteiger partial charge < -0.3 is 10.0 Å². The van der Waals surface area contributed by atoms with Crippen molar-refractivity contribution in [1.29, 1.82) is 0 Å². The molecule has 0 aliphatic carbocycles. The molecule has 1 fully saturated rings. The first kappa shape index (κ1) is 17.6. The fourth-order valence-corrected chi connectivity index (χ4v) is 4.02. The summed E-state index contributed by atoms with van der Waals surface area (Å²) in [5.41, 5.74) is 0. The number of likely N-dealkylation sites (tertiary alicyclic amines) is 1. The van der Waals surface area contributed by atoms with Gasteiger partial charge in [0, 0.05) is 24.3 Å². The summed E-state index contributed by atoms with van der Waals surface area (Å²) in [4.78, 5) is 8.60. The van der Waals surface area contributed by atoms with E-state index < -0.39 is 0 Å². The highest BCUT2D eigenvalue weighted by molar-refractivity contribution is 7.09. The van der Waals surface area contributed by atoms with Gasteiger partial charge in [0.1, 0.15) is 5.82 Å². The van der Waals surface area contributed by atoms with Crippen LogP contribution in [0, 0.1) is 0 Å². The molecule has 0 aromatic carbocycles. The SMILES string of the molecule is OCCn1nc(Cc2cccs2)nc1CCN1CCCCCCC1. The Morgan fingerprint density at radius 1 is 1.08 bits per heavy atom. The Balaban J connectivity index is 1.61. The van der Waals surface area contributed by atoms with Crippen molar-refractivity contribution in [2.75, 3.05) is 26.2 Å². The molecule has 0 amide bonds. The van der Waals surface area contributed by atoms with Gasteiger partial charge in [-0.15, -0.1) is 11.3 Å². The average molecular weight is 349 g/mol. The van der Waals surface area contributed by atoms with Crippen molar-refractivity contribution in [2.24, 2.45) is 0 Å². The molecule has 0 radical (unpaired) electrons. The highest BCUT2D eigenvalue weighted by atomic mass is 32.1. The molecule has 0 atom stereocenters. The lowest BCUT2D eigenvalue weighted by Gasteiger charge is -2.24. The van der Waals surface area contributed by atoms with Crippen molar-refractivity contribution in [3.63, 3.8) is 0 Å². The maximum Gasteiger partial charge on any atom is 0.156 e. The van der Waals surface area contributed by atoms with Crippen molar-refractivity contribution >= 4 is 11.3 Å². The molecule has 5 nitrogen and oxygen atoms in total. The van der Waals surface area contributed by atoms with E-state index in [2.05, 4.69) is 27.5 Å². The standard InChI is InChI=1S/C18H28N4OS/c23-13-12-22-18(8-11-21-9-4-2-1-3-5-10-21)19-17(20-22)15-16-7-6-14-24-16/h6-7,14,23H,1-5,8-13,15H2. The van der Waals surface area contributed by atoms with Crippen LogP contribution in [0.1, 0.15) is 48.6 Å². The maximum absolute atomic E-state index is 9.30. The van der Waals surface area contributed by atoms with Crippen LogP contribution in [0.15, 0.2) is 17.5 Å². The Bertz CT molecular complexity index is 588. The molecule has 1 saturated heterocycles. The zero-order valence-corrected chi connectivity index (χ0v) is 15.2. The predicted molar refractivity (Wildman–Crippen MR) is 97.5 cm³/mol. The topological polar surface area (TPSA) is 54.2 Å². The lowest BCUT2D eigenvalue weighted by Crippen LogP contribution is -2.30. The second-order valence-electron chi connectivity index (χ2n) is 6.51. The van der Waals surface area contributed by atoms with Crippen LogP contribution in [0.3, 0.4) is 0 Å². The quantitative estimate of drug-likeness (QED) is 0.836. The Morgan fingerprint density at radius 3 is 2.58 bits per heavy atom. The lowest BCUT2D eigenvalue weighted by atomic mass is 10.1. The Hall–Kier alpha value is -1.24. The van der Waals surface area contributed by atoms with E-state index in [4.69, 9.17) is 4.98 Å². The van der Waals surface area contributed by atoms with E-state index in [1.54, 1.807) is 11.3 Å². The summed E-state index contributed by atoms with van der Waals surface area (Å²) in [5, 5.41) is 16.0. The van der Waals surface area contributed by atoms with E-state index in [-0.39, 0.29) is 6.61 Å². The largest absolute Gasteiger partial charge is 0.394 e. The number of aromatic nitrogens is 3. The van der Waals surface area contributed by atoms with Gasteiger partial charge in [0.15, 0.2) is 5.82 Å². The number of aliphatic hydroxyl groups excluding tert-OH is 1. The molecule has 24 heavy (non-hydrogen) atoms. The molecule has 1 aliphatic rings. The Kier molecular flexibility index (Phi) is 6.81. The van der Waals surface area contributed by atoms with Crippen molar-refractivity contribution in [3.05, 3.63) is 34.0 Å². The van der Waals surface area contributed by atoms with Crippen molar-refractivity contribution in [1.82, 2.24) is 19.7 Å². The number of rotatable bonds is 7. The fourth-order valence-electron chi connectivity index (χ4n) is 3.32. The third-order valence-electron chi connectivity index (χ3n) is 4.62. The normalized spacial score (nSPS) is 16.9. The number of hydrogen-bond donors (Lipinski definition) is 1. The minimum Gasteiger partial charge on any atom is -0.394 e. The monoisotopic (exact) mass is 348 g/mol. The summed E-state index contributed by atoms with van der Waals surface area (Å²) in [6.45, 7) is 4.10. The molecule has 0 spiro atoms. The van der Waals surface area contributed by atoms with Crippen LogP contribution in [0.25, 0.3) is 0 Å². The van der Waals surface area contributed by atoms with E-state index in [9.17, 15) is 5.11 Å². The minimum atomic E-state index is 0.110. The average Bonchev–Trinajstić information content (AvgIpc) is 3.17. The van der Waals surface area contributed by atoms with E-state index >= 15 is 0 Å². The second kappa shape index (κ2) is 9.30. The molecule has 3 rings (SSSR count). The van der Waals surface area contributed by atoms with Crippen molar-refractivity contribution < 1.29 is 5.11 Å². The zero-order valence-electron chi connectivity index (χ0n) is 14.4. The number of nitrogens with zero attached hydrogens (tertiary/aromatic N) is 4. The molecule has 0 saturated carbocycles. The van der Waals surface area contributed by atoms with Gasteiger partial charge in [0.05, 0.1) is 13.2 Å². The first-order chi connectivity index (χ1) is 11.8. The van der Waals surface area contributed by atoms with Crippen LogP contribution in [-0.2, 0) is 19.4 Å². The maximum atomic E-state index is 9.30. The number of aliphatic hydroxyl groups is 1. The Labute approximate surface area is 148 Å². The second-order valence-corrected chi connectivity index (χ2v) is 7.54. The van der Waals surface area contributed by atoms with Gasteiger partial charge in [-0.1, -0.05) is 25.3 Å². The fraction of sp³-hybridized carbons (Fsp3) is 0.667. The molecule has 1 N–H and O–H groups in total. The summed E-state index contributed by atoms with van der Waals surface area (Å²) < 4.78 is 1.90. The van der Waals surface area contributed by atoms with Gasteiger partial charge in [0.25, 0.3) is 0 Å². The first-order valence-corrected chi connectivity index (χ1v) is 10.0. The smallest absolute Gasteiger partial charge is 0.156 e. The van der Waals surface area contributed by atoms with Crippen LogP contribution in [-0.4, -0.2) is 51.0 Å². The van der Waals surface area contributed by atoms with Crippen LogP contribution in [0.5, 0.6) is 0 Å². The van der Waals surface area contributed by atoms with Crippen LogP contribution >= 0.6 is 11.3 Å². The van der Waals surface area contributed by atoms with E-state index in [1.807, 2.05) is 4.68 Å². The first-order valence-electron chi connectivity index (χ1n) is 9.13. The highest BCUT2D eigenvalue weighted by Crippen LogP contribution is 2.14. The van der Waals surface area contributed by atoms with Gasteiger partial charge in [-0.3, -0.25) is 0 Å². The third-order valence-corrected chi connectivity index (χ3v) is 5.49. The summed E-state index contributed by atoms with van der Waals surface area (Å²) in [5.74, 6) is 1.88. The van der Waals surface area contributed by atoms with Crippen LogP contribution in [0.2, 0.25) is 0 Å². The molecule has 3 heterocycles. The van der Waals surface area contributed by atoms with Crippen LogP contribution < -0.4 is 0 Å². The highest BCUT2D eigenvalue weighted by Gasteiger charge is 2.13. The number of thiophene rings is 1. The summed E-state index contributed by atoms with van der Waals surface area (Å²) >= 11 is 1.74. The van der Waals surface area contributed by atoms with E-state index in [0.29, 0.717) is 6.54 Å². The molecule has 132 valence electrons. The molecule has 6 heteroatoms. The van der Waals surface area contributed by atoms with Gasteiger partial charge >= 0.3 is 0 Å². The van der Waals surface area contributed by atoms with E-state index in [0.717, 1.165) is 31.0 Å². The molecule has 2 aromatic rings. The van der Waals surface area contributed by atoms with Crippen molar-refractivity contribution in [2.45, 2.75) is 51.5 Å². The summed E-state index contributed by atoms with van der Waals surface area (Å²) in [6.07, 6.45) is 8.44. The predicted octanol–water partition coefficient (Wildman–Crippen LogP) is 2.73. The van der Waals surface area contributed by atoms with Gasteiger partial charge in [-0.05, 0) is 37.4 Å². The minimum absolute atomic E-state index is 0.110. The van der Waals surface area contributed by atoms with Crippen molar-refractivity contribution in [3.8, 4) is 0 Å². The molecule has 0 bridgehead atoms. The Morgan fingerprint density at radius 2 is 1.88 bits per heavy atom. The third kappa shape index (κ3) is 5.13. The van der Waals surface area contributed by atoms with Gasteiger partial charge in [-0.2, -0.15) is 5.10 Å². The zero-order chi connectivity index (χ0) is 16.6. The van der Waals surface area contributed by atoms with E-state index in [1.165, 1.54) is 50.1 Å². The molecular weight excluding hydrogens is 320 g/mol. The molecule has 2 aromatic heterocycles. The molecular formula is C18H28N4OS. The lowest BCUT2D eigenvalue weighted by molar-refractivity contribution is 0.243. The van der Waals surface area contributed by atoms with Crippen LogP contribution in [0.4, 0.5) is 0 Å². The molecule has 1 aliphatic heterocycles.